The van der Waals surface area contributed by atoms with E-state index in [2.05, 4.69) is 18.1 Å². The third-order valence-electron chi connectivity index (χ3n) is 1.13. The highest BCUT2D eigenvalue weighted by molar-refractivity contribution is 7.07. The Morgan fingerprint density at radius 1 is 1.73 bits per heavy atom. The van der Waals surface area contributed by atoms with Gasteiger partial charge in [-0.15, -0.1) is 0 Å². The van der Waals surface area contributed by atoms with Gasteiger partial charge in [0.1, 0.15) is 0 Å². The number of hydrogen-bond acceptors (Lipinski definition) is 2. The molecule has 0 aliphatic carbocycles. The van der Waals surface area contributed by atoms with Gasteiger partial charge < -0.3 is 4.98 Å². The molecule has 2 nitrogen and oxygen atoms in total. The topological polar surface area (TPSA) is 32.9 Å². The number of H-pyrrole nitrogens is 1. The molecule has 1 rings (SSSR count). The van der Waals surface area contributed by atoms with Gasteiger partial charge in [-0.05, 0) is 13.0 Å². The number of aromatic nitrogens is 1. The summed E-state index contributed by atoms with van der Waals surface area (Å²) in [6, 6.07) is 0. The highest BCUT2D eigenvalue weighted by Crippen LogP contribution is 1.85. The molecule has 0 aliphatic rings. The molecule has 3 heteroatoms. The fourth-order valence-corrected chi connectivity index (χ4v) is 1.52. The Morgan fingerprint density at radius 2 is 2.36 bits per heavy atom. The number of nitrogens with one attached hydrogen (secondary N) is 1. The molecule has 1 heterocycles. The van der Waals surface area contributed by atoms with Crippen molar-refractivity contribution in [2.45, 2.75) is 6.92 Å². The van der Waals surface area contributed by atoms with Crippen LogP contribution in [0.5, 0.6) is 0 Å². The predicted octanol–water partition coefficient (Wildman–Crippen LogP) is 0.203. The van der Waals surface area contributed by atoms with Gasteiger partial charge >= 0.3 is 4.87 Å². The van der Waals surface area contributed by atoms with E-state index in [1.54, 1.807) is 0 Å². The molecule has 0 saturated carbocycles. The zero-order chi connectivity index (χ0) is 8.43. The Balaban J connectivity index is 3.47. The summed E-state index contributed by atoms with van der Waals surface area (Å²) < 4.78 is 0.863. The third-order valence-corrected chi connectivity index (χ3v) is 2.00. The molecule has 0 atom stereocenters. The van der Waals surface area contributed by atoms with Crippen molar-refractivity contribution in [3.05, 3.63) is 31.7 Å². The molecule has 0 spiro atoms. The largest absolute Gasteiger partial charge is 0.313 e. The van der Waals surface area contributed by atoms with Crippen LogP contribution in [0.4, 0.5) is 0 Å². The van der Waals surface area contributed by atoms with Crippen LogP contribution in [0.15, 0.2) is 16.9 Å². The van der Waals surface area contributed by atoms with Crippen LogP contribution in [0.25, 0.3) is 12.7 Å². The average Bonchev–Trinajstić information content (AvgIpc) is 2.09. The van der Waals surface area contributed by atoms with E-state index >= 15 is 0 Å². The number of allylic oxidation sites excluding steroid dienone is 1. The summed E-state index contributed by atoms with van der Waals surface area (Å²) >= 11 is 1.15. The predicted molar refractivity (Wildman–Crippen MR) is 49.0 cm³/mol. The normalized spacial score (nSPS) is 11.9. The van der Waals surface area contributed by atoms with Gasteiger partial charge in [-0.3, -0.25) is 4.79 Å². The van der Waals surface area contributed by atoms with Crippen LogP contribution in [0, 0.1) is 0 Å². The molecular weight excluding hydrogens is 158 g/mol. The lowest BCUT2D eigenvalue weighted by Gasteiger charge is -1.79. The monoisotopic (exact) mass is 167 g/mol. The molecular formula is C8H9NOS. The van der Waals surface area contributed by atoms with E-state index in [9.17, 15) is 4.79 Å². The van der Waals surface area contributed by atoms with Crippen molar-refractivity contribution in [1.82, 2.24) is 4.98 Å². The van der Waals surface area contributed by atoms with Crippen LogP contribution in [0.3, 0.4) is 0 Å². The van der Waals surface area contributed by atoms with E-state index in [1.807, 2.05) is 13.0 Å². The lowest BCUT2D eigenvalue weighted by molar-refractivity contribution is 1.27. The fourth-order valence-electron chi connectivity index (χ4n) is 0.712. The van der Waals surface area contributed by atoms with Gasteiger partial charge in [-0.25, -0.2) is 0 Å². The molecule has 1 N–H and O–H groups in total. The summed E-state index contributed by atoms with van der Waals surface area (Å²) in [5.41, 5.74) is 0.921. The van der Waals surface area contributed by atoms with Crippen LogP contribution >= 0.6 is 11.3 Å². The summed E-state index contributed by atoms with van der Waals surface area (Å²) in [6.07, 6.45) is 1.84. The van der Waals surface area contributed by atoms with Gasteiger partial charge in [0.15, 0.2) is 0 Å². The van der Waals surface area contributed by atoms with Crippen LogP contribution in [-0.4, -0.2) is 4.98 Å². The van der Waals surface area contributed by atoms with Crippen LogP contribution in [0.1, 0.15) is 6.92 Å². The molecule has 0 saturated heterocycles. The van der Waals surface area contributed by atoms with E-state index in [0.717, 1.165) is 21.4 Å². The van der Waals surface area contributed by atoms with Crippen molar-refractivity contribution in [2.75, 3.05) is 0 Å². The molecule has 0 unspecified atom stereocenters. The molecule has 58 valence electrons. The first-order valence-electron chi connectivity index (χ1n) is 3.15. The molecule has 0 aliphatic heterocycles. The molecule has 0 radical (unpaired) electrons. The fraction of sp³-hybridized carbons (Fsp3) is 0.125. The van der Waals surface area contributed by atoms with Crippen molar-refractivity contribution < 1.29 is 0 Å². The molecule has 1 aromatic rings. The number of aromatic amines is 1. The number of thiazole rings is 1. The van der Waals surface area contributed by atoms with Crippen molar-refractivity contribution in [2.24, 2.45) is 0 Å². The van der Waals surface area contributed by atoms with Crippen LogP contribution in [0.2, 0.25) is 0 Å². The third kappa shape index (κ3) is 1.91. The van der Waals surface area contributed by atoms with Gasteiger partial charge in [0, 0.05) is 0 Å². The summed E-state index contributed by atoms with van der Waals surface area (Å²) in [6.45, 7) is 9.26. The highest BCUT2D eigenvalue weighted by Gasteiger charge is 1.88. The van der Waals surface area contributed by atoms with Gasteiger partial charge in [0.05, 0.1) is 9.88 Å². The summed E-state index contributed by atoms with van der Waals surface area (Å²) in [4.78, 5) is 13.3. The summed E-state index contributed by atoms with van der Waals surface area (Å²) in [5, 5.41) is 0.669. The summed E-state index contributed by atoms with van der Waals surface area (Å²) in [5.74, 6) is 0. The zero-order valence-corrected chi connectivity index (χ0v) is 7.12. The maximum absolute atomic E-state index is 10.8. The number of hydrogen-bond donors (Lipinski definition) is 1. The standard InChI is InChI=1S/C8H9NOS/c1-5(2)4-7-6(3)9-8(10)11-7/h4H,1,3H2,2H3,(H,9,10)/b7-4+. The van der Waals surface area contributed by atoms with Gasteiger partial charge in [0.2, 0.25) is 0 Å². The molecule has 0 amide bonds. The van der Waals surface area contributed by atoms with Gasteiger partial charge in [0.25, 0.3) is 0 Å². The first kappa shape index (κ1) is 8.01. The minimum atomic E-state index is -0.0671. The Labute approximate surface area is 68.2 Å². The van der Waals surface area contributed by atoms with E-state index in [4.69, 9.17) is 0 Å². The minimum absolute atomic E-state index is 0.0671. The molecule has 0 aromatic carbocycles. The maximum atomic E-state index is 10.8. The Kier molecular flexibility index (Phi) is 2.10. The first-order valence-corrected chi connectivity index (χ1v) is 3.96. The van der Waals surface area contributed by atoms with E-state index in [-0.39, 0.29) is 4.87 Å². The molecule has 1 aromatic heterocycles. The van der Waals surface area contributed by atoms with Crippen molar-refractivity contribution in [3.63, 3.8) is 0 Å². The molecule has 0 fully saturated rings. The van der Waals surface area contributed by atoms with Crippen LogP contribution < -0.4 is 14.8 Å². The van der Waals surface area contributed by atoms with Crippen molar-refractivity contribution in [3.8, 4) is 0 Å². The quantitative estimate of drug-likeness (QED) is 0.637. The first-order chi connectivity index (χ1) is 5.09. The number of rotatable bonds is 1. The van der Waals surface area contributed by atoms with Crippen molar-refractivity contribution >= 4 is 24.0 Å². The Hall–Kier alpha value is -1.09. The second-order valence-electron chi connectivity index (χ2n) is 2.35. The second kappa shape index (κ2) is 2.88. The van der Waals surface area contributed by atoms with Gasteiger partial charge in [-0.1, -0.05) is 30.1 Å². The minimum Gasteiger partial charge on any atom is -0.313 e. The van der Waals surface area contributed by atoms with Gasteiger partial charge in [-0.2, -0.15) is 0 Å². The van der Waals surface area contributed by atoms with E-state index in [1.165, 1.54) is 0 Å². The molecule has 0 bridgehead atoms. The van der Waals surface area contributed by atoms with Crippen LogP contribution in [-0.2, 0) is 0 Å². The zero-order valence-electron chi connectivity index (χ0n) is 6.31. The average molecular weight is 167 g/mol. The lowest BCUT2D eigenvalue weighted by Crippen LogP contribution is -2.19. The van der Waals surface area contributed by atoms with Crippen molar-refractivity contribution in [1.29, 1.82) is 0 Å². The summed E-state index contributed by atoms with van der Waals surface area (Å²) in [7, 11) is 0. The maximum Gasteiger partial charge on any atom is 0.305 e. The highest BCUT2D eigenvalue weighted by atomic mass is 32.1. The smallest absolute Gasteiger partial charge is 0.305 e. The van der Waals surface area contributed by atoms with E-state index < -0.39 is 0 Å². The van der Waals surface area contributed by atoms with E-state index in [0.29, 0.717) is 5.35 Å². The Bertz CT molecular complexity index is 424. The SMILES string of the molecule is C=C(C)/C=c1/sc(=O)[nH]c1=C. The molecule has 11 heavy (non-hydrogen) atoms. The Morgan fingerprint density at radius 3 is 2.73 bits per heavy atom. The lowest BCUT2D eigenvalue weighted by atomic mass is 10.3. The second-order valence-corrected chi connectivity index (χ2v) is 3.36.